The van der Waals surface area contributed by atoms with E-state index in [1.54, 1.807) is 0 Å². The third-order valence-electron chi connectivity index (χ3n) is 3.76. The Hall–Kier alpha value is -1.72. The molecule has 1 saturated heterocycles. The van der Waals surface area contributed by atoms with Crippen molar-refractivity contribution < 1.29 is 0 Å². The van der Waals surface area contributed by atoms with Crippen molar-refractivity contribution in [1.82, 2.24) is 25.6 Å². The number of hydrogen-bond donors (Lipinski definition) is 2. The van der Waals surface area contributed by atoms with E-state index in [0.717, 1.165) is 36.6 Å². The topological polar surface area (TPSA) is 56.8 Å². The van der Waals surface area contributed by atoms with Gasteiger partial charge < -0.3 is 10.2 Å². The number of H-pyrrole nitrogens is 1. The molecule has 1 aliphatic rings. The Morgan fingerprint density at radius 1 is 1.10 bits per heavy atom. The van der Waals surface area contributed by atoms with Gasteiger partial charge in [-0.25, -0.2) is 0 Å². The van der Waals surface area contributed by atoms with Crippen molar-refractivity contribution in [3.05, 3.63) is 36.0 Å². The van der Waals surface area contributed by atoms with Crippen molar-refractivity contribution in [1.29, 1.82) is 0 Å². The molecular formula is C15H21N5. The number of nitrogens with zero attached hydrogens (tertiary/aromatic N) is 3. The molecule has 1 aromatic carbocycles. The number of aromatic nitrogens is 3. The Morgan fingerprint density at radius 3 is 2.70 bits per heavy atom. The van der Waals surface area contributed by atoms with Crippen molar-refractivity contribution in [3.63, 3.8) is 0 Å². The van der Waals surface area contributed by atoms with Gasteiger partial charge in [-0.3, -0.25) is 0 Å². The highest BCUT2D eigenvalue weighted by Gasteiger charge is 2.12. The molecule has 0 saturated carbocycles. The second-order valence-electron chi connectivity index (χ2n) is 5.21. The maximum Gasteiger partial charge on any atom is 0.117 e. The van der Waals surface area contributed by atoms with Crippen LogP contribution in [0.4, 0.5) is 0 Å². The van der Waals surface area contributed by atoms with E-state index in [1.807, 2.05) is 18.2 Å². The predicted molar refractivity (Wildman–Crippen MR) is 79.2 cm³/mol. The zero-order valence-electron chi connectivity index (χ0n) is 11.7. The minimum atomic E-state index is 0.758. The smallest absolute Gasteiger partial charge is 0.117 e. The Labute approximate surface area is 119 Å². The van der Waals surface area contributed by atoms with E-state index in [9.17, 15) is 0 Å². The van der Waals surface area contributed by atoms with Gasteiger partial charge in [-0.05, 0) is 25.9 Å². The molecule has 3 rings (SSSR count). The third kappa shape index (κ3) is 3.23. The molecule has 106 valence electrons. The summed E-state index contributed by atoms with van der Waals surface area (Å²) >= 11 is 0. The summed E-state index contributed by atoms with van der Waals surface area (Å²) in [5.41, 5.74) is 3.04. The zero-order chi connectivity index (χ0) is 13.6. The van der Waals surface area contributed by atoms with Crippen LogP contribution < -0.4 is 5.32 Å². The molecule has 0 spiro atoms. The van der Waals surface area contributed by atoms with Crippen LogP contribution >= 0.6 is 0 Å². The lowest BCUT2D eigenvalue weighted by molar-refractivity contribution is 0.335. The molecule has 5 nitrogen and oxygen atoms in total. The number of rotatable bonds is 6. The van der Waals surface area contributed by atoms with E-state index in [-0.39, 0.29) is 0 Å². The summed E-state index contributed by atoms with van der Waals surface area (Å²) in [4.78, 5) is 2.51. The van der Waals surface area contributed by atoms with E-state index < -0.39 is 0 Å². The van der Waals surface area contributed by atoms with Crippen LogP contribution in [0.15, 0.2) is 30.3 Å². The van der Waals surface area contributed by atoms with Crippen LogP contribution in [-0.2, 0) is 6.54 Å². The summed E-state index contributed by atoms with van der Waals surface area (Å²) in [6.07, 6.45) is 2.70. The Morgan fingerprint density at radius 2 is 1.90 bits per heavy atom. The minimum absolute atomic E-state index is 0.758. The summed E-state index contributed by atoms with van der Waals surface area (Å²) in [6, 6.07) is 10.2. The molecule has 0 radical (unpaired) electrons. The lowest BCUT2D eigenvalue weighted by atomic mass is 10.1. The first-order valence-electron chi connectivity index (χ1n) is 7.31. The van der Waals surface area contributed by atoms with Crippen LogP contribution in [-0.4, -0.2) is 46.5 Å². The standard InChI is InChI=1S/C15H21N5/c1-2-6-13(7-3-1)15-14(17-19-18-15)12-16-8-11-20-9-4-5-10-20/h1-3,6-7,16H,4-5,8-12H2,(H,17,18,19). The maximum absolute atomic E-state index is 4.26. The average molecular weight is 271 g/mol. The zero-order valence-corrected chi connectivity index (χ0v) is 11.7. The van der Waals surface area contributed by atoms with Gasteiger partial charge in [-0.15, -0.1) is 0 Å². The highest BCUT2D eigenvalue weighted by atomic mass is 15.3. The Kier molecular flexibility index (Phi) is 4.40. The monoisotopic (exact) mass is 271 g/mol. The largest absolute Gasteiger partial charge is 0.310 e. The van der Waals surface area contributed by atoms with Crippen LogP contribution in [0.3, 0.4) is 0 Å². The van der Waals surface area contributed by atoms with E-state index in [0.29, 0.717) is 0 Å². The lowest BCUT2D eigenvalue weighted by Crippen LogP contribution is -2.29. The first-order valence-corrected chi connectivity index (χ1v) is 7.31. The molecule has 2 aromatic rings. The highest BCUT2D eigenvalue weighted by Crippen LogP contribution is 2.18. The first-order chi connectivity index (χ1) is 9.93. The van der Waals surface area contributed by atoms with Gasteiger partial charge >= 0.3 is 0 Å². The summed E-state index contributed by atoms with van der Waals surface area (Å²) in [6.45, 7) is 5.38. The molecule has 0 aliphatic carbocycles. The molecule has 0 bridgehead atoms. The van der Waals surface area contributed by atoms with Gasteiger partial charge in [0, 0.05) is 25.2 Å². The third-order valence-corrected chi connectivity index (χ3v) is 3.76. The van der Waals surface area contributed by atoms with Gasteiger partial charge in [0.1, 0.15) is 11.4 Å². The van der Waals surface area contributed by atoms with Crippen molar-refractivity contribution in [2.75, 3.05) is 26.2 Å². The van der Waals surface area contributed by atoms with E-state index in [1.165, 1.54) is 25.9 Å². The van der Waals surface area contributed by atoms with E-state index >= 15 is 0 Å². The van der Waals surface area contributed by atoms with Crippen LogP contribution in [0.5, 0.6) is 0 Å². The molecule has 20 heavy (non-hydrogen) atoms. The van der Waals surface area contributed by atoms with Crippen molar-refractivity contribution in [2.24, 2.45) is 0 Å². The molecule has 0 unspecified atom stereocenters. The molecular weight excluding hydrogens is 250 g/mol. The van der Waals surface area contributed by atoms with Gasteiger partial charge in [0.15, 0.2) is 0 Å². The van der Waals surface area contributed by atoms with Gasteiger partial charge in [-0.1, -0.05) is 30.3 Å². The molecule has 5 heteroatoms. The molecule has 0 amide bonds. The number of likely N-dealkylation sites (tertiary alicyclic amines) is 1. The quantitative estimate of drug-likeness (QED) is 0.785. The first kappa shape index (κ1) is 13.3. The normalized spacial score (nSPS) is 15.8. The van der Waals surface area contributed by atoms with Gasteiger partial charge in [0.05, 0.1) is 0 Å². The molecule has 0 atom stereocenters. The number of aromatic amines is 1. The summed E-state index contributed by atoms with van der Waals surface area (Å²) in [5, 5.41) is 14.7. The molecule has 2 N–H and O–H groups in total. The van der Waals surface area contributed by atoms with Gasteiger partial charge in [0.25, 0.3) is 0 Å². The Balaban J connectivity index is 1.52. The van der Waals surface area contributed by atoms with Crippen LogP contribution in [0, 0.1) is 0 Å². The second-order valence-corrected chi connectivity index (χ2v) is 5.21. The average Bonchev–Trinajstić information content (AvgIpc) is 3.16. The van der Waals surface area contributed by atoms with Crippen molar-refractivity contribution >= 4 is 0 Å². The Bertz CT molecular complexity index is 516. The molecule has 2 heterocycles. The lowest BCUT2D eigenvalue weighted by Gasteiger charge is -2.14. The predicted octanol–water partition coefficient (Wildman–Crippen LogP) is 1.66. The SMILES string of the molecule is c1ccc(-c2n[nH]nc2CNCCN2CCCC2)cc1. The molecule has 1 aromatic heterocycles. The summed E-state index contributed by atoms with van der Waals surface area (Å²) < 4.78 is 0. The van der Waals surface area contributed by atoms with Crippen LogP contribution in [0.25, 0.3) is 11.3 Å². The fraction of sp³-hybridized carbons (Fsp3) is 0.467. The van der Waals surface area contributed by atoms with E-state index in [4.69, 9.17) is 0 Å². The number of benzene rings is 1. The van der Waals surface area contributed by atoms with Crippen LogP contribution in [0.1, 0.15) is 18.5 Å². The number of hydrogen-bond acceptors (Lipinski definition) is 4. The van der Waals surface area contributed by atoms with Crippen LogP contribution in [0.2, 0.25) is 0 Å². The van der Waals surface area contributed by atoms with Crippen molar-refractivity contribution in [2.45, 2.75) is 19.4 Å². The highest BCUT2D eigenvalue weighted by molar-refractivity contribution is 5.60. The second kappa shape index (κ2) is 6.63. The van der Waals surface area contributed by atoms with Gasteiger partial charge in [-0.2, -0.15) is 15.4 Å². The summed E-state index contributed by atoms with van der Waals surface area (Å²) in [7, 11) is 0. The summed E-state index contributed by atoms with van der Waals surface area (Å²) in [5.74, 6) is 0. The van der Waals surface area contributed by atoms with Crippen molar-refractivity contribution in [3.8, 4) is 11.3 Å². The molecule has 1 fully saturated rings. The van der Waals surface area contributed by atoms with Gasteiger partial charge in [0.2, 0.25) is 0 Å². The molecule has 1 aliphatic heterocycles. The fourth-order valence-electron chi connectivity index (χ4n) is 2.65. The minimum Gasteiger partial charge on any atom is -0.310 e. The maximum atomic E-state index is 4.26. The van der Waals surface area contributed by atoms with E-state index in [2.05, 4.69) is 37.8 Å². The number of nitrogens with one attached hydrogen (secondary N) is 2. The fourth-order valence-corrected chi connectivity index (χ4v) is 2.65.